The van der Waals surface area contributed by atoms with E-state index in [-0.39, 0.29) is 21.4 Å². The lowest BCUT2D eigenvalue weighted by Gasteiger charge is -2.19. The van der Waals surface area contributed by atoms with Gasteiger partial charge in [0.2, 0.25) is 10.0 Å². The highest BCUT2D eigenvalue weighted by molar-refractivity contribution is 7.93. The summed E-state index contributed by atoms with van der Waals surface area (Å²) >= 11 is 1.09. The van der Waals surface area contributed by atoms with Crippen molar-refractivity contribution in [2.75, 3.05) is 20.8 Å². The molecular formula is C20H21NO6S3. The number of methoxy groups -OCH3 is 2. The fourth-order valence-electron chi connectivity index (χ4n) is 2.90. The van der Waals surface area contributed by atoms with E-state index in [0.717, 1.165) is 11.3 Å². The van der Waals surface area contributed by atoms with Crippen LogP contribution in [0.15, 0.2) is 75.1 Å². The molecule has 0 unspecified atom stereocenters. The maximum atomic E-state index is 13.2. The van der Waals surface area contributed by atoms with Crippen molar-refractivity contribution in [3.63, 3.8) is 0 Å². The van der Waals surface area contributed by atoms with Crippen molar-refractivity contribution in [2.24, 2.45) is 0 Å². The minimum Gasteiger partial charge on any atom is -0.497 e. The molecule has 160 valence electrons. The van der Waals surface area contributed by atoms with Crippen LogP contribution in [0.5, 0.6) is 11.5 Å². The standard InChI is InChI=1S/C20H21NO6S3/c1-26-16-10-11-18(17(13-16)27-2)30(24,25)21-14-19(15-7-4-3-5-8-15)29(22,23)20-9-6-12-28-20/h3-13,19,21H,14H2,1-2H3/t19-/m1/s1. The summed E-state index contributed by atoms with van der Waals surface area (Å²) in [4.78, 5) is -0.105. The van der Waals surface area contributed by atoms with Gasteiger partial charge in [0, 0.05) is 12.6 Å². The molecule has 30 heavy (non-hydrogen) atoms. The molecule has 0 saturated carbocycles. The molecule has 3 aromatic rings. The number of sulfone groups is 1. The van der Waals surface area contributed by atoms with Gasteiger partial charge >= 0.3 is 0 Å². The number of rotatable bonds is 9. The molecule has 0 aliphatic carbocycles. The minimum absolute atomic E-state index is 0.0965. The van der Waals surface area contributed by atoms with Crippen molar-refractivity contribution >= 4 is 31.2 Å². The van der Waals surface area contributed by atoms with Crippen molar-refractivity contribution in [3.8, 4) is 11.5 Å². The average molecular weight is 468 g/mol. The van der Waals surface area contributed by atoms with Crippen molar-refractivity contribution < 1.29 is 26.3 Å². The number of ether oxygens (including phenoxy) is 2. The SMILES string of the molecule is COc1ccc(S(=O)(=O)NC[C@H](c2ccccc2)S(=O)(=O)c2cccs2)c(OC)c1. The van der Waals surface area contributed by atoms with Crippen molar-refractivity contribution in [2.45, 2.75) is 14.4 Å². The quantitative estimate of drug-likeness (QED) is 0.519. The lowest BCUT2D eigenvalue weighted by atomic mass is 10.1. The van der Waals surface area contributed by atoms with Gasteiger partial charge in [-0.2, -0.15) is 0 Å². The zero-order valence-electron chi connectivity index (χ0n) is 16.3. The van der Waals surface area contributed by atoms with E-state index >= 15 is 0 Å². The molecule has 2 aromatic carbocycles. The summed E-state index contributed by atoms with van der Waals surface area (Å²) in [5.74, 6) is 0.535. The van der Waals surface area contributed by atoms with E-state index in [1.54, 1.807) is 41.8 Å². The molecule has 0 aliphatic heterocycles. The first-order valence-electron chi connectivity index (χ1n) is 8.83. The number of sulfonamides is 1. The molecule has 0 radical (unpaired) electrons. The van der Waals surface area contributed by atoms with E-state index in [9.17, 15) is 16.8 Å². The molecule has 0 fully saturated rings. The Morgan fingerprint density at radius 1 is 0.933 bits per heavy atom. The van der Waals surface area contributed by atoms with Crippen molar-refractivity contribution in [1.29, 1.82) is 0 Å². The van der Waals surface area contributed by atoms with Crippen LogP contribution < -0.4 is 14.2 Å². The first-order chi connectivity index (χ1) is 14.3. The minimum atomic E-state index is -4.05. The van der Waals surface area contributed by atoms with Gasteiger partial charge < -0.3 is 9.47 Å². The molecule has 3 rings (SSSR count). The highest BCUT2D eigenvalue weighted by Gasteiger charge is 2.32. The molecule has 0 saturated heterocycles. The van der Waals surface area contributed by atoms with E-state index < -0.39 is 25.1 Å². The van der Waals surface area contributed by atoms with Gasteiger partial charge in [-0.25, -0.2) is 21.6 Å². The van der Waals surface area contributed by atoms with Crippen molar-refractivity contribution in [3.05, 3.63) is 71.6 Å². The molecule has 1 N–H and O–H groups in total. The predicted molar refractivity (Wildman–Crippen MR) is 115 cm³/mol. The van der Waals surface area contributed by atoms with Crippen LogP contribution in [0, 0.1) is 0 Å². The van der Waals surface area contributed by atoms with Crippen LogP contribution in [0.3, 0.4) is 0 Å². The molecular weight excluding hydrogens is 446 g/mol. The zero-order chi connectivity index (χ0) is 21.8. The van der Waals surface area contributed by atoms with Crippen LogP contribution in [-0.4, -0.2) is 37.6 Å². The monoisotopic (exact) mass is 467 g/mol. The van der Waals surface area contributed by atoms with E-state index in [2.05, 4.69) is 4.72 Å². The molecule has 10 heteroatoms. The Morgan fingerprint density at radius 2 is 1.67 bits per heavy atom. The topological polar surface area (TPSA) is 98.8 Å². The summed E-state index contributed by atoms with van der Waals surface area (Å²) in [7, 11) is -5.04. The first-order valence-corrected chi connectivity index (χ1v) is 12.7. The van der Waals surface area contributed by atoms with E-state index in [1.807, 2.05) is 0 Å². The van der Waals surface area contributed by atoms with Gasteiger partial charge in [0.1, 0.15) is 25.9 Å². The third kappa shape index (κ3) is 4.67. The third-order valence-electron chi connectivity index (χ3n) is 4.44. The van der Waals surface area contributed by atoms with E-state index in [0.29, 0.717) is 11.3 Å². The van der Waals surface area contributed by atoms with E-state index in [4.69, 9.17) is 9.47 Å². The summed E-state index contributed by atoms with van der Waals surface area (Å²) in [6, 6.07) is 16.0. The fourth-order valence-corrected chi connectivity index (χ4v) is 7.07. The van der Waals surface area contributed by atoms with E-state index in [1.165, 1.54) is 38.5 Å². The largest absolute Gasteiger partial charge is 0.497 e. The number of hydrogen-bond acceptors (Lipinski definition) is 7. The Morgan fingerprint density at radius 3 is 2.27 bits per heavy atom. The second-order valence-corrected chi connectivity index (χ2v) is 11.3. The molecule has 1 atom stereocenters. The number of thiophene rings is 1. The maximum Gasteiger partial charge on any atom is 0.244 e. The molecule has 1 heterocycles. The maximum absolute atomic E-state index is 13.2. The summed E-state index contributed by atoms with van der Waals surface area (Å²) in [6.45, 7) is -0.332. The van der Waals surface area contributed by atoms with Crippen molar-refractivity contribution in [1.82, 2.24) is 4.72 Å². The van der Waals surface area contributed by atoms with Gasteiger partial charge in [-0.1, -0.05) is 36.4 Å². The van der Waals surface area contributed by atoms with Gasteiger partial charge in [0.05, 0.1) is 14.2 Å². The van der Waals surface area contributed by atoms with Gasteiger partial charge in [-0.3, -0.25) is 0 Å². The third-order valence-corrected chi connectivity index (χ3v) is 9.44. The molecule has 0 spiro atoms. The Kier molecular flexibility index (Phi) is 6.81. The average Bonchev–Trinajstić information content (AvgIpc) is 3.30. The Balaban J connectivity index is 1.95. The predicted octanol–water partition coefficient (Wildman–Crippen LogP) is 3.26. The highest BCUT2D eigenvalue weighted by atomic mass is 32.2. The second-order valence-electron chi connectivity index (χ2n) is 6.25. The van der Waals surface area contributed by atoms with Crippen LogP contribution >= 0.6 is 11.3 Å². The van der Waals surface area contributed by atoms with Gasteiger partial charge in [0.15, 0.2) is 9.84 Å². The highest BCUT2D eigenvalue weighted by Crippen LogP contribution is 2.32. The normalized spacial score (nSPS) is 13.0. The van der Waals surface area contributed by atoms with Gasteiger partial charge in [-0.05, 0) is 29.1 Å². The summed E-state index contributed by atoms with van der Waals surface area (Å²) in [6.07, 6.45) is 0. The van der Waals surface area contributed by atoms with Gasteiger partial charge in [-0.15, -0.1) is 11.3 Å². The molecule has 0 amide bonds. The number of benzene rings is 2. The van der Waals surface area contributed by atoms with Crippen LogP contribution in [0.25, 0.3) is 0 Å². The Hall–Kier alpha value is -2.40. The van der Waals surface area contributed by atoms with Crippen LogP contribution in [-0.2, 0) is 19.9 Å². The first kappa shape index (κ1) is 22.3. The Labute approximate surface area is 180 Å². The summed E-state index contributed by atoms with van der Waals surface area (Å²) in [5, 5.41) is 0.581. The van der Waals surface area contributed by atoms with Crippen LogP contribution in [0.1, 0.15) is 10.8 Å². The van der Waals surface area contributed by atoms with Crippen LogP contribution in [0.2, 0.25) is 0 Å². The smallest absolute Gasteiger partial charge is 0.244 e. The summed E-state index contributed by atoms with van der Waals surface area (Å²) in [5.41, 5.74) is 0.496. The molecule has 7 nitrogen and oxygen atoms in total. The number of hydrogen-bond donors (Lipinski definition) is 1. The summed E-state index contributed by atoms with van der Waals surface area (Å²) < 4.78 is 65.1. The fraction of sp³-hybridized carbons (Fsp3) is 0.200. The molecule has 0 bridgehead atoms. The molecule has 0 aliphatic rings. The molecule has 1 aromatic heterocycles. The zero-order valence-corrected chi connectivity index (χ0v) is 18.8. The lowest BCUT2D eigenvalue weighted by Crippen LogP contribution is -2.32. The number of nitrogens with one attached hydrogen (secondary N) is 1. The lowest BCUT2D eigenvalue weighted by molar-refractivity contribution is 0.386. The second kappa shape index (κ2) is 9.17. The Bertz CT molecular complexity index is 1190. The van der Waals surface area contributed by atoms with Gasteiger partial charge in [0.25, 0.3) is 0 Å². The van der Waals surface area contributed by atoms with Crippen LogP contribution in [0.4, 0.5) is 0 Å².